The van der Waals surface area contributed by atoms with Gasteiger partial charge in [-0.05, 0) is 29.5 Å². The molecule has 0 saturated carbocycles. The molecule has 1 aromatic rings. The summed E-state index contributed by atoms with van der Waals surface area (Å²) in [6.45, 7) is 6.43. The lowest BCUT2D eigenvalue weighted by molar-refractivity contribution is 0.590. The van der Waals surface area contributed by atoms with Crippen molar-refractivity contribution in [3.8, 4) is 0 Å². The summed E-state index contributed by atoms with van der Waals surface area (Å²) in [5.74, 6) is 1.42. The van der Waals surface area contributed by atoms with E-state index in [9.17, 15) is 4.21 Å². The molecule has 0 radical (unpaired) electrons. The minimum atomic E-state index is -1.99. The molecule has 0 bridgehead atoms. The standard InChI is InChI=1S/C13H18ClNOS/c1-13(2,3)10-5-6-11(14)12(9-10)15-17(16)7-4-8-17/h5-6,9H,4,7-8H2,1-3H3. The first-order chi connectivity index (χ1) is 7.80. The van der Waals surface area contributed by atoms with Crippen molar-refractivity contribution in [2.24, 2.45) is 4.36 Å². The minimum Gasteiger partial charge on any atom is -0.249 e. The molecular weight excluding hydrogens is 254 g/mol. The van der Waals surface area contributed by atoms with Gasteiger partial charge in [-0.3, -0.25) is 0 Å². The van der Waals surface area contributed by atoms with E-state index in [1.54, 1.807) is 0 Å². The van der Waals surface area contributed by atoms with Crippen molar-refractivity contribution in [3.63, 3.8) is 0 Å². The fourth-order valence-electron chi connectivity index (χ4n) is 1.71. The van der Waals surface area contributed by atoms with Crippen molar-refractivity contribution < 1.29 is 4.21 Å². The molecule has 4 heteroatoms. The molecule has 2 rings (SSSR count). The van der Waals surface area contributed by atoms with Crippen LogP contribution in [0.25, 0.3) is 0 Å². The summed E-state index contributed by atoms with van der Waals surface area (Å²) in [7, 11) is -1.99. The molecule has 0 amide bonds. The highest BCUT2D eigenvalue weighted by atomic mass is 35.5. The van der Waals surface area contributed by atoms with Gasteiger partial charge in [0, 0.05) is 11.5 Å². The molecule has 1 aromatic carbocycles. The van der Waals surface area contributed by atoms with Crippen LogP contribution in [0.15, 0.2) is 22.6 Å². The van der Waals surface area contributed by atoms with Gasteiger partial charge in [0.05, 0.1) is 20.4 Å². The van der Waals surface area contributed by atoms with Crippen molar-refractivity contribution in [1.82, 2.24) is 0 Å². The van der Waals surface area contributed by atoms with E-state index in [4.69, 9.17) is 11.6 Å². The molecule has 0 unspecified atom stereocenters. The lowest BCUT2D eigenvalue weighted by Crippen LogP contribution is -2.23. The molecule has 0 spiro atoms. The van der Waals surface area contributed by atoms with E-state index < -0.39 is 9.73 Å². The van der Waals surface area contributed by atoms with E-state index in [1.807, 2.05) is 18.2 Å². The van der Waals surface area contributed by atoms with Crippen LogP contribution in [0.5, 0.6) is 0 Å². The van der Waals surface area contributed by atoms with Crippen LogP contribution < -0.4 is 0 Å². The first kappa shape index (κ1) is 12.9. The summed E-state index contributed by atoms with van der Waals surface area (Å²) < 4.78 is 16.5. The van der Waals surface area contributed by atoms with Gasteiger partial charge in [0.15, 0.2) is 0 Å². The highest BCUT2D eigenvalue weighted by Crippen LogP contribution is 2.33. The first-order valence-electron chi connectivity index (χ1n) is 5.83. The quantitative estimate of drug-likeness (QED) is 0.755. The third-order valence-electron chi connectivity index (χ3n) is 3.00. The van der Waals surface area contributed by atoms with Crippen LogP contribution in [0.4, 0.5) is 5.69 Å². The van der Waals surface area contributed by atoms with E-state index in [0.717, 1.165) is 6.42 Å². The fourth-order valence-corrected chi connectivity index (χ4v) is 3.40. The van der Waals surface area contributed by atoms with Gasteiger partial charge in [-0.15, -0.1) is 0 Å². The van der Waals surface area contributed by atoms with Crippen LogP contribution in [0.2, 0.25) is 5.02 Å². The van der Waals surface area contributed by atoms with Gasteiger partial charge in [0.1, 0.15) is 0 Å². The smallest absolute Gasteiger partial charge is 0.0919 e. The first-order valence-corrected chi connectivity index (χ1v) is 8.06. The Labute approximate surface area is 109 Å². The Morgan fingerprint density at radius 3 is 2.41 bits per heavy atom. The number of rotatable bonds is 1. The summed E-state index contributed by atoms with van der Waals surface area (Å²) in [4.78, 5) is 0. The molecule has 1 aliphatic heterocycles. The fraction of sp³-hybridized carbons (Fsp3) is 0.538. The molecule has 2 nitrogen and oxygen atoms in total. The second kappa shape index (κ2) is 4.29. The summed E-state index contributed by atoms with van der Waals surface area (Å²) in [6.07, 6.45) is 1.01. The van der Waals surface area contributed by atoms with Crippen molar-refractivity contribution in [2.45, 2.75) is 32.6 Å². The monoisotopic (exact) mass is 271 g/mol. The van der Waals surface area contributed by atoms with Crippen molar-refractivity contribution in [1.29, 1.82) is 0 Å². The second-order valence-electron chi connectivity index (χ2n) is 5.54. The maximum atomic E-state index is 12.1. The van der Waals surface area contributed by atoms with Crippen molar-refractivity contribution in [3.05, 3.63) is 28.8 Å². The lowest BCUT2D eigenvalue weighted by atomic mass is 9.87. The van der Waals surface area contributed by atoms with E-state index in [-0.39, 0.29) is 5.41 Å². The maximum Gasteiger partial charge on any atom is 0.0919 e. The Balaban J connectivity index is 2.47. The number of halogens is 1. The maximum absolute atomic E-state index is 12.1. The molecule has 0 aliphatic carbocycles. The van der Waals surface area contributed by atoms with E-state index in [2.05, 4.69) is 25.1 Å². The Hall–Kier alpha value is -0.540. The van der Waals surface area contributed by atoms with Gasteiger partial charge in [0.2, 0.25) is 0 Å². The molecule has 17 heavy (non-hydrogen) atoms. The van der Waals surface area contributed by atoms with Crippen LogP contribution in [0, 0.1) is 0 Å². The highest BCUT2D eigenvalue weighted by Gasteiger charge is 2.21. The molecule has 0 atom stereocenters. The topological polar surface area (TPSA) is 29.4 Å². The van der Waals surface area contributed by atoms with Crippen LogP contribution in [-0.2, 0) is 15.1 Å². The largest absolute Gasteiger partial charge is 0.249 e. The highest BCUT2D eigenvalue weighted by molar-refractivity contribution is 7.95. The molecule has 1 aliphatic rings. The number of benzene rings is 1. The zero-order valence-electron chi connectivity index (χ0n) is 10.5. The molecule has 1 heterocycles. The van der Waals surface area contributed by atoms with E-state index >= 15 is 0 Å². The zero-order chi connectivity index (χ0) is 12.7. The van der Waals surface area contributed by atoms with Gasteiger partial charge >= 0.3 is 0 Å². The second-order valence-corrected chi connectivity index (χ2v) is 8.49. The Kier molecular flexibility index (Phi) is 3.25. The molecular formula is C13H18ClNOS. The number of hydrogen-bond acceptors (Lipinski definition) is 2. The summed E-state index contributed by atoms with van der Waals surface area (Å²) in [5.41, 5.74) is 1.91. The third kappa shape index (κ3) is 2.83. The van der Waals surface area contributed by atoms with E-state index in [1.165, 1.54) is 5.56 Å². The summed E-state index contributed by atoms with van der Waals surface area (Å²) >= 11 is 6.11. The van der Waals surface area contributed by atoms with Crippen LogP contribution in [0.1, 0.15) is 32.8 Å². The third-order valence-corrected chi connectivity index (χ3v) is 5.71. The predicted molar refractivity (Wildman–Crippen MR) is 74.7 cm³/mol. The lowest BCUT2D eigenvalue weighted by Gasteiger charge is -2.21. The predicted octanol–water partition coefficient (Wildman–Crippen LogP) is 4.14. The summed E-state index contributed by atoms with van der Waals surface area (Å²) in [6, 6.07) is 5.82. The van der Waals surface area contributed by atoms with E-state index in [0.29, 0.717) is 22.2 Å². The molecule has 1 saturated heterocycles. The molecule has 0 N–H and O–H groups in total. The van der Waals surface area contributed by atoms with Gasteiger partial charge in [0.25, 0.3) is 0 Å². The number of nitrogens with zero attached hydrogens (tertiary/aromatic N) is 1. The van der Waals surface area contributed by atoms with Gasteiger partial charge in [-0.1, -0.05) is 38.4 Å². The average Bonchev–Trinajstić information content (AvgIpc) is 2.17. The van der Waals surface area contributed by atoms with Crippen LogP contribution in [-0.4, -0.2) is 15.7 Å². The molecule has 0 aromatic heterocycles. The molecule has 1 fully saturated rings. The summed E-state index contributed by atoms with van der Waals surface area (Å²) in [5, 5.41) is 0.590. The molecule has 94 valence electrons. The Morgan fingerprint density at radius 1 is 1.29 bits per heavy atom. The normalized spacial score (nSPS) is 18.6. The number of hydrogen-bond donors (Lipinski definition) is 0. The average molecular weight is 272 g/mol. The Bertz CT molecular complexity index is 541. The Morgan fingerprint density at radius 2 is 1.94 bits per heavy atom. The van der Waals surface area contributed by atoms with Crippen LogP contribution in [0.3, 0.4) is 0 Å². The minimum absolute atomic E-state index is 0.0554. The van der Waals surface area contributed by atoms with Gasteiger partial charge < -0.3 is 0 Å². The van der Waals surface area contributed by atoms with Gasteiger partial charge in [-0.2, -0.15) is 4.36 Å². The van der Waals surface area contributed by atoms with Crippen molar-refractivity contribution >= 4 is 27.0 Å². The van der Waals surface area contributed by atoms with Crippen molar-refractivity contribution in [2.75, 3.05) is 11.5 Å². The SMILES string of the molecule is CC(C)(C)c1ccc(Cl)c(N=S2(=O)CCC2)c1. The van der Waals surface area contributed by atoms with Crippen LogP contribution >= 0.6 is 11.6 Å². The van der Waals surface area contributed by atoms with Gasteiger partial charge in [-0.25, -0.2) is 4.21 Å². The zero-order valence-corrected chi connectivity index (χ0v) is 12.1.